The molecule has 1 aromatic heterocycles. The predicted octanol–water partition coefficient (Wildman–Crippen LogP) is 6.94. The Morgan fingerprint density at radius 1 is 1.06 bits per heavy atom. The molecule has 0 bridgehead atoms. The van der Waals surface area contributed by atoms with Crippen molar-refractivity contribution in [3.63, 3.8) is 0 Å². The Labute approximate surface area is 216 Å². The minimum atomic E-state index is -0.748. The maximum absolute atomic E-state index is 13.2. The van der Waals surface area contributed by atoms with Crippen LogP contribution >= 0.6 is 15.9 Å². The monoisotopic (exact) mass is 548 g/mol. The van der Waals surface area contributed by atoms with Gasteiger partial charge in [0.2, 0.25) is 0 Å². The van der Waals surface area contributed by atoms with Gasteiger partial charge in [0.15, 0.2) is 9.76 Å². The molecule has 0 aliphatic carbocycles. The molecule has 1 atom stereocenters. The van der Waals surface area contributed by atoms with Crippen LogP contribution in [0.1, 0.15) is 85.3 Å². The first-order valence-corrected chi connectivity index (χ1v) is 14.0. The van der Waals surface area contributed by atoms with Crippen molar-refractivity contribution in [1.82, 2.24) is 9.88 Å². The summed E-state index contributed by atoms with van der Waals surface area (Å²) in [5, 5.41) is 0.197. The molecule has 7 heteroatoms. The third-order valence-electron chi connectivity index (χ3n) is 5.31. The zero-order valence-corrected chi connectivity index (χ0v) is 25.2. The molecule has 0 radical (unpaired) electrons. The molecule has 2 aromatic rings. The number of hydrogen-bond acceptors (Lipinski definition) is 4. The summed E-state index contributed by atoms with van der Waals surface area (Å²) in [6, 6.07) is 13.9. The summed E-state index contributed by atoms with van der Waals surface area (Å²) in [5.41, 5.74) is 1.80. The average Bonchev–Trinajstić information content (AvgIpc) is 2.71. The molecule has 0 saturated heterocycles. The molecule has 1 amide bonds. The molecule has 1 aromatic carbocycles. The van der Waals surface area contributed by atoms with Crippen molar-refractivity contribution in [3.05, 3.63) is 63.9 Å². The van der Waals surface area contributed by atoms with E-state index in [-0.39, 0.29) is 17.2 Å². The van der Waals surface area contributed by atoms with Gasteiger partial charge in [0.1, 0.15) is 5.60 Å². The molecule has 5 nitrogen and oxygen atoms in total. The summed E-state index contributed by atoms with van der Waals surface area (Å²) in [5.74, 6) is 0. The van der Waals surface area contributed by atoms with Crippen LogP contribution in [0.2, 0.25) is 5.04 Å². The van der Waals surface area contributed by atoms with E-state index >= 15 is 0 Å². The van der Waals surface area contributed by atoms with Crippen LogP contribution in [0.4, 0.5) is 4.79 Å². The van der Waals surface area contributed by atoms with Crippen LogP contribution < -0.4 is 0 Å². The zero-order chi connectivity index (χ0) is 25.7. The lowest BCUT2D eigenvalue weighted by atomic mass is 10.0. The number of carbonyl (C=O) groups excluding carboxylic acids is 1. The summed E-state index contributed by atoms with van der Waals surface area (Å²) >= 11 is 3.53. The van der Waals surface area contributed by atoms with Crippen LogP contribution in [0.5, 0.6) is 0 Å². The van der Waals surface area contributed by atoms with Gasteiger partial charge < -0.3 is 9.16 Å². The number of halogens is 1. The van der Waals surface area contributed by atoms with Gasteiger partial charge in [0.25, 0.3) is 0 Å². The minimum Gasteiger partial charge on any atom is -0.444 e. The molecule has 0 unspecified atom stereocenters. The number of carbonyl (C=O) groups is 1. The summed E-state index contributed by atoms with van der Waals surface area (Å²) in [6.45, 7) is 19.0. The lowest BCUT2D eigenvalue weighted by molar-refractivity contribution is 0.0171. The van der Waals surface area contributed by atoms with Gasteiger partial charge in [-0.05, 0) is 82.8 Å². The van der Waals surface area contributed by atoms with Crippen LogP contribution in [-0.4, -0.2) is 37.9 Å². The highest BCUT2D eigenvalue weighted by Crippen LogP contribution is 2.30. The van der Waals surface area contributed by atoms with Gasteiger partial charge in [-0.1, -0.05) is 54.9 Å². The third kappa shape index (κ3) is 9.15. The van der Waals surface area contributed by atoms with Crippen LogP contribution in [0.3, 0.4) is 0 Å². The second kappa shape index (κ2) is 11.4. The molecular formula is C27H41BrN2O3Si. The first-order chi connectivity index (χ1) is 15.6. The summed E-state index contributed by atoms with van der Waals surface area (Å²) < 4.78 is 13.2. The molecule has 0 N–H and O–H groups in total. The Hall–Kier alpha value is -1.70. The number of pyridine rings is 1. The van der Waals surface area contributed by atoms with Crippen LogP contribution in [0.25, 0.3) is 0 Å². The van der Waals surface area contributed by atoms with Crippen molar-refractivity contribution in [1.29, 1.82) is 0 Å². The molecule has 34 heavy (non-hydrogen) atoms. The van der Waals surface area contributed by atoms with Crippen molar-refractivity contribution in [2.75, 3.05) is 6.54 Å². The summed E-state index contributed by atoms with van der Waals surface area (Å²) in [7, 11) is -0.748. The van der Waals surface area contributed by atoms with Crippen LogP contribution in [0.15, 0.2) is 46.9 Å². The van der Waals surface area contributed by atoms with Crippen LogP contribution in [-0.2, 0) is 21.2 Å². The van der Waals surface area contributed by atoms with Gasteiger partial charge >= 0.3 is 6.09 Å². The van der Waals surface area contributed by atoms with Gasteiger partial charge in [0, 0.05) is 11.0 Å². The molecule has 0 saturated carbocycles. The van der Waals surface area contributed by atoms with E-state index in [1.165, 1.54) is 0 Å². The highest BCUT2D eigenvalue weighted by Gasteiger charge is 2.30. The Morgan fingerprint density at radius 3 is 2.29 bits per heavy atom. The van der Waals surface area contributed by atoms with E-state index in [1.807, 2.05) is 58.0 Å². The van der Waals surface area contributed by atoms with Gasteiger partial charge in [-0.3, -0.25) is 9.88 Å². The molecule has 1 heterocycles. The lowest BCUT2D eigenvalue weighted by Gasteiger charge is -2.33. The predicted molar refractivity (Wildman–Crippen MR) is 146 cm³/mol. The van der Waals surface area contributed by atoms with Crippen molar-refractivity contribution in [3.8, 4) is 0 Å². The van der Waals surface area contributed by atoms with E-state index in [2.05, 4.69) is 62.7 Å². The maximum atomic E-state index is 13.2. The number of rotatable bonds is 8. The summed E-state index contributed by atoms with van der Waals surface area (Å²) in [6.07, 6.45) is 0.381. The van der Waals surface area contributed by atoms with E-state index in [9.17, 15) is 4.79 Å². The van der Waals surface area contributed by atoms with Crippen LogP contribution in [0, 0.1) is 0 Å². The Balaban J connectivity index is 2.29. The number of benzene rings is 1. The van der Waals surface area contributed by atoms with Gasteiger partial charge in [-0.25, -0.2) is 4.79 Å². The normalized spacial score (nSPS) is 13.8. The first kappa shape index (κ1) is 28.5. The largest absolute Gasteiger partial charge is 0.444 e. The third-order valence-corrected chi connectivity index (χ3v) is 7.53. The minimum absolute atomic E-state index is 0.197. The highest BCUT2D eigenvalue weighted by atomic mass is 79.9. The van der Waals surface area contributed by atoms with Crippen molar-refractivity contribution in [2.24, 2.45) is 0 Å². The van der Waals surface area contributed by atoms with E-state index in [0.717, 1.165) is 21.4 Å². The maximum Gasteiger partial charge on any atom is 0.410 e. The van der Waals surface area contributed by atoms with E-state index < -0.39 is 21.0 Å². The standard InChI is InChI=1S/C27H41BrN2O3Si/c1-19(22-14-11-15-23(29-22)27(8,9)33-34-26(5,6)7)30(24(31)32-25(2,3)4)17-16-20-12-10-13-21(28)18-20/h10-15,18-19H,16-17,34H2,1-9H3/t19-/m0/s1. The number of ether oxygens (including phenoxy) is 1. The smallest absolute Gasteiger partial charge is 0.410 e. The fourth-order valence-electron chi connectivity index (χ4n) is 3.36. The van der Waals surface area contributed by atoms with Crippen molar-refractivity contribution >= 4 is 31.8 Å². The quantitative estimate of drug-likeness (QED) is 0.335. The zero-order valence-electron chi connectivity index (χ0n) is 22.2. The molecule has 188 valence electrons. The van der Waals surface area contributed by atoms with E-state index in [0.29, 0.717) is 13.0 Å². The molecule has 2 rings (SSSR count). The van der Waals surface area contributed by atoms with Gasteiger partial charge in [0.05, 0.1) is 23.0 Å². The molecule has 0 spiro atoms. The molecule has 0 aliphatic rings. The Kier molecular flexibility index (Phi) is 9.53. The second-order valence-corrected chi connectivity index (χ2v) is 15.2. The van der Waals surface area contributed by atoms with Gasteiger partial charge in [-0.15, -0.1) is 0 Å². The Bertz CT molecular complexity index is 967. The number of nitrogens with zero attached hydrogens (tertiary/aromatic N) is 2. The fourth-order valence-corrected chi connectivity index (χ4v) is 4.74. The van der Waals surface area contributed by atoms with Crippen molar-refractivity contribution in [2.45, 2.75) is 91.0 Å². The van der Waals surface area contributed by atoms with E-state index in [4.69, 9.17) is 14.1 Å². The lowest BCUT2D eigenvalue weighted by Crippen LogP contribution is -2.40. The van der Waals surface area contributed by atoms with Gasteiger partial charge in [-0.2, -0.15) is 0 Å². The Morgan fingerprint density at radius 2 is 1.71 bits per heavy atom. The molecule has 0 fully saturated rings. The second-order valence-electron chi connectivity index (χ2n) is 11.5. The SMILES string of the molecule is C[C@@H](c1cccc(C(C)(C)O[SiH2]C(C)(C)C)n1)N(CCc1cccc(Br)c1)C(=O)OC(C)(C)C. The first-order valence-electron chi connectivity index (χ1n) is 11.9. The number of amides is 1. The fraction of sp³-hybridized carbons (Fsp3) is 0.556. The number of hydrogen-bond donors (Lipinski definition) is 0. The van der Waals surface area contributed by atoms with Crippen molar-refractivity contribution < 1.29 is 14.0 Å². The highest BCUT2D eigenvalue weighted by molar-refractivity contribution is 9.10. The molecular weight excluding hydrogens is 508 g/mol. The molecule has 0 aliphatic heterocycles. The number of aromatic nitrogens is 1. The topological polar surface area (TPSA) is 51.7 Å². The average molecular weight is 550 g/mol. The van der Waals surface area contributed by atoms with E-state index in [1.54, 1.807) is 4.90 Å². The summed E-state index contributed by atoms with van der Waals surface area (Å²) in [4.78, 5) is 19.9.